The van der Waals surface area contributed by atoms with Gasteiger partial charge in [-0.15, -0.1) is 0 Å². The molecule has 21 heavy (non-hydrogen) atoms. The molecule has 5 nitrogen and oxygen atoms in total. The number of hydrogen-bond acceptors (Lipinski definition) is 2. The highest BCUT2D eigenvalue weighted by Crippen LogP contribution is 2.04. The van der Waals surface area contributed by atoms with Gasteiger partial charge in [-0.25, -0.2) is 9.18 Å². The third-order valence-electron chi connectivity index (χ3n) is 3.62. The van der Waals surface area contributed by atoms with Crippen molar-refractivity contribution >= 4 is 11.9 Å². The van der Waals surface area contributed by atoms with Crippen LogP contribution in [0.15, 0.2) is 24.3 Å². The van der Waals surface area contributed by atoms with E-state index < -0.39 is 0 Å². The average molecular weight is 293 g/mol. The highest BCUT2D eigenvalue weighted by atomic mass is 19.1. The van der Waals surface area contributed by atoms with E-state index in [1.54, 1.807) is 28.9 Å². The van der Waals surface area contributed by atoms with Gasteiger partial charge in [0, 0.05) is 39.6 Å². The van der Waals surface area contributed by atoms with Crippen LogP contribution in [0.4, 0.5) is 9.18 Å². The number of nitrogens with zero attached hydrogens (tertiary/aromatic N) is 2. The van der Waals surface area contributed by atoms with Gasteiger partial charge in [0.05, 0.1) is 0 Å². The summed E-state index contributed by atoms with van der Waals surface area (Å²) in [4.78, 5) is 26.6. The Balaban J connectivity index is 1.70. The van der Waals surface area contributed by atoms with Gasteiger partial charge in [0.15, 0.2) is 0 Å². The summed E-state index contributed by atoms with van der Waals surface area (Å²) < 4.78 is 12.8. The first-order valence-electron chi connectivity index (χ1n) is 7.09. The lowest BCUT2D eigenvalue weighted by Gasteiger charge is -2.34. The molecule has 1 N–H and O–H groups in total. The zero-order valence-corrected chi connectivity index (χ0v) is 12.1. The molecular formula is C15H20FN3O2. The molecule has 0 radical (unpaired) electrons. The molecule has 1 fully saturated rings. The Bertz CT molecular complexity index is 496. The zero-order valence-electron chi connectivity index (χ0n) is 12.1. The number of carbonyl (C=O) groups excluding carboxylic acids is 2. The predicted molar refractivity (Wildman–Crippen MR) is 77.3 cm³/mol. The molecule has 1 aromatic carbocycles. The number of hydrogen-bond donors (Lipinski definition) is 1. The van der Waals surface area contributed by atoms with E-state index in [0.29, 0.717) is 39.1 Å². The second kappa shape index (κ2) is 7.06. The van der Waals surface area contributed by atoms with Crippen molar-refractivity contribution in [3.63, 3.8) is 0 Å². The van der Waals surface area contributed by atoms with Crippen LogP contribution in [0.3, 0.4) is 0 Å². The van der Waals surface area contributed by atoms with Crippen LogP contribution in [-0.4, -0.2) is 54.5 Å². The van der Waals surface area contributed by atoms with Crippen molar-refractivity contribution in [1.82, 2.24) is 15.1 Å². The Morgan fingerprint density at radius 2 is 1.67 bits per heavy atom. The van der Waals surface area contributed by atoms with Crippen molar-refractivity contribution in [2.75, 3.05) is 32.7 Å². The van der Waals surface area contributed by atoms with Crippen LogP contribution in [0.1, 0.15) is 12.5 Å². The lowest BCUT2D eigenvalue weighted by Crippen LogP contribution is -2.52. The summed E-state index contributed by atoms with van der Waals surface area (Å²) in [5.74, 6) is -0.211. The third kappa shape index (κ3) is 4.44. The van der Waals surface area contributed by atoms with Crippen molar-refractivity contribution in [1.29, 1.82) is 0 Å². The Kier molecular flexibility index (Phi) is 5.14. The molecule has 0 atom stereocenters. The standard InChI is InChI=1S/C15H20FN3O2/c1-12(20)18-8-10-19(11-9-18)15(21)17-7-6-13-2-4-14(16)5-3-13/h2-5H,6-11H2,1H3,(H,17,21). The predicted octanol–water partition coefficient (Wildman–Crippen LogP) is 1.24. The van der Waals surface area contributed by atoms with Gasteiger partial charge >= 0.3 is 6.03 Å². The van der Waals surface area contributed by atoms with Crippen LogP contribution in [-0.2, 0) is 11.2 Å². The summed E-state index contributed by atoms with van der Waals surface area (Å²) in [5, 5.41) is 2.85. The van der Waals surface area contributed by atoms with Gasteiger partial charge in [-0.1, -0.05) is 12.1 Å². The maximum absolute atomic E-state index is 12.8. The van der Waals surface area contributed by atoms with E-state index in [-0.39, 0.29) is 17.8 Å². The summed E-state index contributed by atoms with van der Waals surface area (Å²) in [6.07, 6.45) is 0.666. The summed E-state index contributed by atoms with van der Waals surface area (Å²) in [6, 6.07) is 6.15. The maximum atomic E-state index is 12.8. The second-order valence-corrected chi connectivity index (χ2v) is 5.10. The third-order valence-corrected chi connectivity index (χ3v) is 3.62. The van der Waals surface area contributed by atoms with Crippen LogP contribution in [0.25, 0.3) is 0 Å². The number of urea groups is 1. The average Bonchev–Trinajstić information content (AvgIpc) is 2.49. The Morgan fingerprint density at radius 1 is 1.10 bits per heavy atom. The first-order valence-corrected chi connectivity index (χ1v) is 7.09. The molecule has 2 rings (SSSR count). The number of benzene rings is 1. The van der Waals surface area contributed by atoms with E-state index in [9.17, 15) is 14.0 Å². The van der Waals surface area contributed by atoms with Crippen LogP contribution in [0.5, 0.6) is 0 Å². The summed E-state index contributed by atoms with van der Waals surface area (Å²) in [6.45, 7) is 4.33. The first kappa shape index (κ1) is 15.3. The van der Waals surface area contributed by atoms with Crippen molar-refractivity contribution in [3.05, 3.63) is 35.6 Å². The Morgan fingerprint density at radius 3 is 2.24 bits per heavy atom. The largest absolute Gasteiger partial charge is 0.339 e. The highest BCUT2D eigenvalue weighted by molar-refractivity contribution is 5.76. The number of rotatable bonds is 3. The summed E-state index contributed by atoms with van der Waals surface area (Å²) in [7, 11) is 0. The smallest absolute Gasteiger partial charge is 0.317 e. The van der Waals surface area contributed by atoms with Crippen molar-refractivity contribution in [2.45, 2.75) is 13.3 Å². The Hall–Kier alpha value is -2.11. The molecule has 6 heteroatoms. The molecule has 1 aromatic rings. The van der Waals surface area contributed by atoms with Gasteiger partial charge in [-0.05, 0) is 24.1 Å². The first-order chi connectivity index (χ1) is 10.1. The molecule has 1 saturated heterocycles. The van der Waals surface area contributed by atoms with Crippen LogP contribution >= 0.6 is 0 Å². The number of nitrogens with one attached hydrogen (secondary N) is 1. The molecule has 0 aromatic heterocycles. The minimum absolute atomic E-state index is 0.0476. The van der Waals surface area contributed by atoms with Crippen LogP contribution in [0.2, 0.25) is 0 Å². The number of halogens is 1. The quantitative estimate of drug-likeness (QED) is 0.911. The number of amides is 3. The van der Waals surface area contributed by atoms with E-state index in [1.807, 2.05) is 0 Å². The molecule has 0 aliphatic carbocycles. The number of piperazine rings is 1. The van der Waals surface area contributed by atoms with E-state index in [0.717, 1.165) is 5.56 Å². The fourth-order valence-electron chi connectivity index (χ4n) is 2.30. The lowest BCUT2D eigenvalue weighted by molar-refractivity contribution is -0.130. The van der Waals surface area contributed by atoms with Gasteiger partial charge in [-0.2, -0.15) is 0 Å². The van der Waals surface area contributed by atoms with Crippen LogP contribution < -0.4 is 5.32 Å². The molecule has 1 aliphatic rings. The summed E-state index contributed by atoms with van der Waals surface area (Å²) in [5.41, 5.74) is 0.984. The van der Waals surface area contributed by atoms with E-state index >= 15 is 0 Å². The molecule has 3 amide bonds. The molecule has 0 unspecified atom stereocenters. The van der Waals surface area contributed by atoms with Gasteiger partial charge in [0.2, 0.25) is 5.91 Å². The second-order valence-electron chi connectivity index (χ2n) is 5.10. The fourth-order valence-corrected chi connectivity index (χ4v) is 2.30. The van der Waals surface area contributed by atoms with E-state index in [1.165, 1.54) is 12.1 Å². The van der Waals surface area contributed by atoms with Crippen molar-refractivity contribution in [2.24, 2.45) is 0 Å². The fraction of sp³-hybridized carbons (Fsp3) is 0.467. The molecule has 0 spiro atoms. The Labute approximate surface area is 123 Å². The molecule has 114 valence electrons. The normalized spacial score (nSPS) is 15.0. The topological polar surface area (TPSA) is 52.7 Å². The van der Waals surface area contributed by atoms with Gasteiger partial charge in [0.1, 0.15) is 5.82 Å². The molecule has 1 aliphatic heterocycles. The van der Waals surface area contributed by atoms with Crippen molar-refractivity contribution in [3.8, 4) is 0 Å². The molecule has 0 bridgehead atoms. The van der Waals surface area contributed by atoms with E-state index in [2.05, 4.69) is 5.32 Å². The minimum atomic E-state index is -0.258. The molecular weight excluding hydrogens is 273 g/mol. The molecule has 0 saturated carbocycles. The summed E-state index contributed by atoms with van der Waals surface area (Å²) >= 11 is 0. The lowest BCUT2D eigenvalue weighted by atomic mass is 10.1. The van der Waals surface area contributed by atoms with Crippen molar-refractivity contribution < 1.29 is 14.0 Å². The number of carbonyl (C=O) groups is 2. The van der Waals surface area contributed by atoms with Gasteiger partial charge < -0.3 is 15.1 Å². The van der Waals surface area contributed by atoms with E-state index in [4.69, 9.17) is 0 Å². The monoisotopic (exact) mass is 293 g/mol. The SMILES string of the molecule is CC(=O)N1CCN(C(=O)NCCc2ccc(F)cc2)CC1. The van der Waals surface area contributed by atoms with Gasteiger partial charge in [0.25, 0.3) is 0 Å². The maximum Gasteiger partial charge on any atom is 0.317 e. The minimum Gasteiger partial charge on any atom is -0.339 e. The van der Waals surface area contributed by atoms with Crippen LogP contribution in [0, 0.1) is 5.82 Å². The molecule has 1 heterocycles. The van der Waals surface area contributed by atoms with Gasteiger partial charge in [-0.3, -0.25) is 4.79 Å². The zero-order chi connectivity index (χ0) is 15.2. The highest BCUT2D eigenvalue weighted by Gasteiger charge is 2.21.